The number of carbonyl (C=O) groups is 1. The van der Waals surface area contributed by atoms with E-state index in [9.17, 15) is 22.8 Å². The highest BCUT2D eigenvalue weighted by Gasteiger charge is 2.33. The predicted octanol–water partition coefficient (Wildman–Crippen LogP) is 3.68. The van der Waals surface area contributed by atoms with Crippen LogP contribution in [0.1, 0.15) is 32.6 Å². The van der Waals surface area contributed by atoms with Crippen molar-refractivity contribution in [1.82, 2.24) is 19.7 Å². The highest BCUT2D eigenvalue weighted by Crippen LogP contribution is 2.33. The summed E-state index contributed by atoms with van der Waals surface area (Å²) in [5, 5.41) is 6.63. The number of methoxy groups -OCH3 is 1. The van der Waals surface area contributed by atoms with Gasteiger partial charge in [0.1, 0.15) is 11.3 Å². The standard InChI is InChI=1S/C26H24F3N5O3/c1-37-20-9-10-22(26(27,28)29)19(12-20)13-31-25(36)21-16-34(32-24(21)30)15-18-7-5-17(6-8-18)14-33-11-3-2-4-23(33)35/h2-12,16H,13-15H2,1H3,(H2,30,32)(H,31,36). The van der Waals surface area contributed by atoms with Crippen LogP contribution in [0.25, 0.3) is 0 Å². The number of aromatic nitrogens is 3. The second-order valence-corrected chi connectivity index (χ2v) is 8.31. The molecule has 0 bridgehead atoms. The van der Waals surface area contributed by atoms with Crippen molar-refractivity contribution in [3.05, 3.63) is 111 Å². The molecule has 11 heteroatoms. The second-order valence-electron chi connectivity index (χ2n) is 8.31. The largest absolute Gasteiger partial charge is 0.497 e. The predicted molar refractivity (Wildman–Crippen MR) is 131 cm³/mol. The van der Waals surface area contributed by atoms with Gasteiger partial charge in [0.2, 0.25) is 0 Å². The molecule has 0 unspecified atom stereocenters. The van der Waals surface area contributed by atoms with Crippen molar-refractivity contribution in [2.45, 2.75) is 25.8 Å². The van der Waals surface area contributed by atoms with Crippen LogP contribution in [0.4, 0.5) is 19.0 Å². The van der Waals surface area contributed by atoms with Crippen molar-refractivity contribution in [2.24, 2.45) is 0 Å². The Morgan fingerprint density at radius 2 is 1.76 bits per heavy atom. The van der Waals surface area contributed by atoms with E-state index in [2.05, 4.69) is 10.4 Å². The summed E-state index contributed by atoms with van der Waals surface area (Å²) in [4.78, 5) is 24.6. The quantitative estimate of drug-likeness (QED) is 0.376. The Bertz CT molecular complexity index is 1460. The number of nitrogens with one attached hydrogen (secondary N) is 1. The first-order valence-electron chi connectivity index (χ1n) is 11.2. The van der Waals surface area contributed by atoms with E-state index in [4.69, 9.17) is 10.5 Å². The van der Waals surface area contributed by atoms with E-state index in [1.807, 2.05) is 24.3 Å². The molecule has 0 saturated carbocycles. The molecule has 0 atom stereocenters. The summed E-state index contributed by atoms with van der Waals surface area (Å²) in [7, 11) is 1.35. The molecule has 37 heavy (non-hydrogen) atoms. The number of nitrogens with zero attached hydrogens (tertiary/aromatic N) is 3. The van der Waals surface area contributed by atoms with Crippen molar-refractivity contribution >= 4 is 11.7 Å². The Balaban J connectivity index is 1.42. The fourth-order valence-electron chi connectivity index (χ4n) is 3.81. The monoisotopic (exact) mass is 511 g/mol. The zero-order valence-electron chi connectivity index (χ0n) is 19.8. The molecule has 0 aliphatic carbocycles. The molecule has 0 fully saturated rings. The highest BCUT2D eigenvalue weighted by molar-refractivity contribution is 5.98. The molecule has 0 aliphatic rings. The highest BCUT2D eigenvalue weighted by atomic mass is 19.4. The summed E-state index contributed by atoms with van der Waals surface area (Å²) in [6, 6.07) is 15.9. The summed E-state index contributed by atoms with van der Waals surface area (Å²) in [5.74, 6) is -0.450. The first-order chi connectivity index (χ1) is 17.6. The molecule has 0 radical (unpaired) electrons. The number of nitrogens with two attached hydrogens (primary N) is 1. The first-order valence-corrected chi connectivity index (χ1v) is 11.2. The summed E-state index contributed by atoms with van der Waals surface area (Å²) >= 11 is 0. The van der Waals surface area contributed by atoms with Crippen LogP contribution in [0.3, 0.4) is 0 Å². The maximum Gasteiger partial charge on any atom is 0.416 e. The van der Waals surface area contributed by atoms with Gasteiger partial charge >= 0.3 is 6.18 Å². The van der Waals surface area contributed by atoms with Gasteiger partial charge in [-0.2, -0.15) is 18.3 Å². The van der Waals surface area contributed by atoms with Crippen molar-refractivity contribution < 1.29 is 22.7 Å². The van der Waals surface area contributed by atoms with Gasteiger partial charge in [-0.3, -0.25) is 14.3 Å². The number of hydrogen-bond acceptors (Lipinski definition) is 5. The van der Waals surface area contributed by atoms with Crippen LogP contribution in [0.5, 0.6) is 5.75 Å². The number of alkyl halides is 3. The molecule has 2 heterocycles. The minimum Gasteiger partial charge on any atom is -0.497 e. The van der Waals surface area contributed by atoms with Crippen LogP contribution in [0.2, 0.25) is 0 Å². The van der Waals surface area contributed by atoms with Crippen LogP contribution >= 0.6 is 0 Å². The lowest BCUT2D eigenvalue weighted by Gasteiger charge is -2.14. The summed E-state index contributed by atoms with van der Waals surface area (Å²) < 4.78 is 48.1. The number of ether oxygens (including phenoxy) is 1. The van der Waals surface area contributed by atoms with Crippen molar-refractivity contribution in [1.29, 1.82) is 0 Å². The first kappa shape index (κ1) is 25.5. The van der Waals surface area contributed by atoms with Crippen LogP contribution < -0.4 is 21.3 Å². The van der Waals surface area contributed by atoms with E-state index in [-0.39, 0.29) is 34.8 Å². The lowest BCUT2D eigenvalue weighted by atomic mass is 10.1. The number of hydrogen-bond donors (Lipinski definition) is 2. The van der Waals surface area contributed by atoms with E-state index < -0.39 is 17.6 Å². The number of rotatable bonds is 8. The maximum atomic E-state index is 13.4. The van der Waals surface area contributed by atoms with E-state index in [1.165, 1.54) is 36.2 Å². The van der Waals surface area contributed by atoms with Gasteiger partial charge in [-0.05, 0) is 41.0 Å². The van der Waals surface area contributed by atoms with Gasteiger partial charge in [0.05, 0.1) is 25.8 Å². The number of amides is 1. The molecule has 4 rings (SSSR count). The van der Waals surface area contributed by atoms with Gasteiger partial charge in [-0.25, -0.2) is 0 Å². The number of pyridine rings is 1. The number of nitrogen functional groups attached to an aromatic ring is 1. The molecule has 192 valence electrons. The zero-order valence-corrected chi connectivity index (χ0v) is 19.8. The average molecular weight is 512 g/mol. The molecule has 1 amide bonds. The van der Waals surface area contributed by atoms with Gasteiger partial charge < -0.3 is 20.4 Å². The third kappa shape index (κ3) is 6.18. The van der Waals surface area contributed by atoms with E-state index >= 15 is 0 Å². The number of carbonyl (C=O) groups excluding carboxylic acids is 1. The van der Waals surface area contributed by atoms with Crippen LogP contribution in [0.15, 0.2) is 77.9 Å². The molecule has 8 nitrogen and oxygen atoms in total. The molecule has 4 aromatic rings. The third-order valence-electron chi connectivity index (χ3n) is 5.71. The van der Waals surface area contributed by atoms with E-state index in [1.54, 1.807) is 22.9 Å². The van der Waals surface area contributed by atoms with Crippen LogP contribution in [-0.2, 0) is 25.8 Å². The van der Waals surface area contributed by atoms with E-state index in [0.29, 0.717) is 13.1 Å². The summed E-state index contributed by atoms with van der Waals surface area (Å²) in [6.45, 7) is 0.376. The van der Waals surface area contributed by atoms with Crippen molar-refractivity contribution in [3.8, 4) is 5.75 Å². The van der Waals surface area contributed by atoms with Gasteiger partial charge in [0, 0.05) is 25.0 Å². The molecule has 2 aromatic carbocycles. The average Bonchev–Trinajstić information content (AvgIpc) is 3.24. The molecule has 2 aromatic heterocycles. The molecule has 0 aliphatic heterocycles. The van der Waals surface area contributed by atoms with Gasteiger partial charge in [-0.15, -0.1) is 0 Å². The van der Waals surface area contributed by atoms with Gasteiger partial charge in [-0.1, -0.05) is 30.3 Å². The third-order valence-corrected chi connectivity index (χ3v) is 5.71. The molecule has 3 N–H and O–H groups in total. The SMILES string of the molecule is COc1ccc(C(F)(F)F)c(CNC(=O)c2cn(Cc3ccc(Cn4ccccc4=O)cc3)nc2N)c1. The van der Waals surface area contributed by atoms with Gasteiger partial charge in [0.25, 0.3) is 11.5 Å². The Morgan fingerprint density at radius 1 is 1.05 bits per heavy atom. The molecule has 0 spiro atoms. The normalized spacial score (nSPS) is 11.4. The summed E-state index contributed by atoms with van der Waals surface area (Å²) in [6.07, 6.45) is -1.42. The minimum absolute atomic E-state index is 0.0424. The number of halogens is 3. The van der Waals surface area contributed by atoms with Crippen LogP contribution in [0, 0.1) is 0 Å². The Labute approximate surface area is 210 Å². The van der Waals surface area contributed by atoms with Gasteiger partial charge in [0.15, 0.2) is 5.82 Å². The second kappa shape index (κ2) is 10.6. The molecular weight excluding hydrogens is 487 g/mol. The van der Waals surface area contributed by atoms with E-state index in [0.717, 1.165) is 17.2 Å². The molecular formula is C26H24F3N5O3. The topological polar surface area (TPSA) is 104 Å². The number of anilines is 1. The Kier molecular flexibility index (Phi) is 7.32. The minimum atomic E-state index is -4.58. The maximum absolute atomic E-state index is 13.4. The fourth-order valence-corrected chi connectivity index (χ4v) is 3.81. The summed E-state index contributed by atoms with van der Waals surface area (Å²) in [5.41, 5.74) is 6.69. The molecule has 0 saturated heterocycles. The number of benzene rings is 2. The fraction of sp³-hybridized carbons (Fsp3) is 0.192. The lowest BCUT2D eigenvalue weighted by molar-refractivity contribution is -0.138. The van der Waals surface area contributed by atoms with Crippen molar-refractivity contribution in [3.63, 3.8) is 0 Å². The van der Waals surface area contributed by atoms with Crippen LogP contribution in [-0.4, -0.2) is 27.4 Å². The zero-order chi connectivity index (χ0) is 26.6. The Morgan fingerprint density at radius 3 is 2.41 bits per heavy atom. The lowest BCUT2D eigenvalue weighted by Crippen LogP contribution is -2.25. The smallest absolute Gasteiger partial charge is 0.416 e. The van der Waals surface area contributed by atoms with Crippen molar-refractivity contribution in [2.75, 3.05) is 12.8 Å². The Hall–Kier alpha value is -4.54.